The molecule has 0 aromatic heterocycles. The number of nitrogens with two attached hydrogens (primary N) is 1. The molecule has 0 saturated carbocycles. The number of hydrogen-bond donors (Lipinski definition) is 2. The van der Waals surface area contributed by atoms with Crippen LogP contribution in [0, 0.1) is 5.41 Å². The normalized spacial score (nSPS) is 11.9. The number of hydrogen-bond acceptors (Lipinski definition) is 5. The van der Waals surface area contributed by atoms with E-state index in [1.165, 1.54) is 6.26 Å². The van der Waals surface area contributed by atoms with E-state index in [0.717, 1.165) is 0 Å². The lowest BCUT2D eigenvalue weighted by molar-refractivity contribution is 0.153. The number of methoxy groups -OCH3 is 1. The fraction of sp³-hybridized carbons (Fsp3) is 0.889. The summed E-state index contributed by atoms with van der Waals surface area (Å²) in [4.78, 5) is 1.94. The van der Waals surface area contributed by atoms with Crippen molar-refractivity contribution in [2.45, 2.75) is 6.42 Å². The number of rotatable bonds is 9. The molecule has 0 heterocycles. The Morgan fingerprint density at radius 2 is 2.00 bits per heavy atom. The summed E-state index contributed by atoms with van der Waals surface area (Å²) in [7, 11) is -1.35. The third-order valence-corrected chi connectivity index (χ3v) is 3.01. The third-order valence-electron chi connectivity index (χ3n) is 2.09. The number of sulfone groups is 1. The Morgan fingerprint density at radius 1 is 1.38 bits per heavy atom. The quantitative estimate of drug-likeness (QED) is 0.417. The highest BCUT2D eigenvalue weighted by Crippen LogP contribution is 1.94. The number of ether oxygens (including phenoxy) is 1. The molecule has 0 aromatic carbocycles. The summed E-state index contributed by atoms with van der Waals surface area (Å²) in [6.07, 6.45) is 1.67. The van der Waals surface area contributed by atoms with Gasteiger partial charge in [-0.15, -0.1) is 0 Å². The van der Waals surface area contributed by atoms with Crippen molar-refractivity contribution >= 4 is 15.7 Å². The van der Waals surface area contributed by atoms with Crippen molar-refractivity contribution in [3.8, 4) is 0 Å². The van der Waals surface area contributed by atoms with Crippen LogP contribution in [0.15, 0.2) is 0 Å². The smallest absolute Gasteiger partial charge is 0.148 e. The zero-order chi connectivity index (χ0) is 12.6. The molecule has 3 N–H and O–H groups in total. The summed E-state index contributed by atoms with van der Waals surface area (Å²) < 4.78 is 27.0. The molecule has 6 nitrogen and oxygen atoms in total. The molecular weight excluding hydrogens is 230 g/mol. The molecule has 0 amide bonds. The zero-order valence-corrected chi connectivity index (χ0v) is 10.7. The maximum atomic E-state index is 11.0. The Kier molecular flexibility index (Phi) is 7.27. The summed E-state index contributed by atoms with van der Waals surface area (Å²) >= 11 is 0. The van der Waals surface area contributed by atoms with Crippen molar-refractivity contribution < 1.29 is 13.2 Å². The molecule has 0 saturated heterocycles. The van der Waals surface area contributed by atoms with Crippen molar-refractivity contribution in [3.05, 3.63) is 0 Å². The highest BCUT2D eigenvalue weighted by atomic mass is 32.2. The standard InChI is InChI=1S/C9H21N3O3S/c1-15-7-5-12(4-3-9(10)11)6-8-16(2,13)14/h3-8H2,1-2H3,(H3,10,11). The largest absolute Gasteiger partial charge is 0.388 e. The molecule has 0 fully saturated rings. The van der Waals surface area contributed by atoms with E-state index in [2.05, 4.69) is 0 Å². The van der Waals surface area contributed by atoms with Gasteiger partial charge in [0.2, 0.25) is 0 Å². The van der Waals surface area contributed by atoms with Crippen LogP contribution in [0.1, 0.15) is 6.42 Å². The van der Waals surface area contributed by atoms with E-state index in [9.17, 15) is 8.42 Å². The van der Waals surface area contributed by atoms with Crippen molar-refractivity contribution in [1.29, 1.82) is 5.41 Å². The van der Waals surface area contributed by atoms with Crippen molar-refractivity contribution in [3.63, 3.8) is 0 Å². The Bertz CT molecular complexity index is 303. The second kappa shape index (κ2) is 7.59. The van der Waals surface area contributed by atoms with Crippen LogP contribution < -0.4 is 5.73 Å². The van der Waals surface area contributed by atoms with Gasteiger partial charge in [0.15, 0.2) is 0 Å². The molecule has 0 atom stereocenters. The molecular formula is C9H21N3O3S. The van der Waals surface area contributed by atoms with Crippen molar-refractivity contribution in [1.82, 2.24) is 4.90 Å². The molecule has 0 aliphatic heterocycles. The molecule has 0 aliphatic carbocycles. The number of amidine groups is 1. The minimum atomic E-state index is -2.95. The molecule has 0 rings (SSSR count). The molecule has 0 radical (unpaired) electrons. The van der Waals surface area contributed by atoms with E-state index >= 15 is 0 Å². The lowest BCUT2D eigenvalue weighted by atomic mass is 10.3. The first-order valence-electron chi connectivity index (χ1n) is 5.07. The molecule has 0 aromatic rings. The Morgan fingerprint density at radius 3 is 2.44 bits per heavy atom. The van der Waals surface area contributed by atoms with Gasteiger partial charge in [-0.2, -0.15) is 0 Å². The van der Waals surface area contributed by atoms with Crippen LogP contribution in [0.5, 0.6) is 0 Å². The molecule has 0 unspecified atom stereocenters. The van der Waals surface area contributed by atoms with E-state index < -0.39 is 9.84 Å². The average Bonchev–Trinajstić information content (AvgIpc) is 2.15. The monoisotopic (exact) mass is 251 g/mol. The average molecular weight is 251 g/mol. The van der Waals surface area contributed by atoms with Gasteiger partial charge in [-0.25, -0.2) is 8.42 Å². The van der Waals surface area contributed by atoms with Crippen LogP contribution in [0.4, 0.5) is 0 Å². The Hall–Kier alpha value is -0.660. The van der Waals surface area contributed by atoms with Crippen LogP contribution in [0.3, 0.4) is 0 Å². The number of nitrogens with one attached hydrogen (secondary N) is 1. The van der Waals surface area contributed by atoms with E-state index in [0.29, 0.717) is 32.7 Å². The zero-order valence-electron chi connectivity index (χ0n) is 9.90. The topological polar surface area (TPSA) is 96.5 Å². The Labute approximate surface area is 97.2 Å². The van der Waals surface area contributed by atoms with Gasteiger partial charge in [-0.05, 0) is 0 Å². The SMILES string of the molecule is COCCN(CCC(=N)N)CCS(C)(=O)=O. The lowest BCUT2D eigenvalue weighted by Gasteiger charge is -2.21. The fourth-order valence-corrected chi connectivity index (χ4v) is 1.72. The molecule has 16 heavy (non-hydrogen) atoms. The molecule has 0 bridgehead atoms. The van der Waals surface area contributed by atoms with Crippen LogP contribution in [0.2, 0.25) is 0 Å². The molecule has 0 spiro atoms. The first-order valence-corrected chi connectivity index (χ1v) is 7.13. The summed E-state index contributed by atoms with van der Waals surface area (Å²) in [5, 5.41) is 7.12. The first-order chi connectivity index (χ1) is 7.35. The van der Waals surface area contributed by atoms with Gasteiger partial charge < -0.3 is 10.5 Å². The fourth-order valence-electron chi connectivity index (χ4n) is 1.13. The van der Waals surface area contributed by atoms with E-state index in [4.69, 9.17) is 15.9 Å². The van der Waals surface area contributed by atoms with Gasteiger partial charge in [0, 0.05) is 39.4 Å². The first kappa shape index (κ1) is 15.3. The maximum absolute atomic E-state index is 11.0. The molecule has 96 valence electrons. The summed E-state index contributed by atoms with van der Waals surface area (Å²) in [6, 6.07) is 0. The number of nitrogens with zero attached hydrogens (tertiary/aromatic N) is 1. The minimum absolute atomic E-state index is 0.113. The molecule has 7 heteroatoms. The van der Waals surface area contributed by atoms with E-state index in [-0.39, 0.29) is 11.6 Å². The minimum Gasteiger partial charge on any atom is -0.388 e. The van der Waals surface area contributed by atoms with Gasteiger partial charge >= 0.3 is 0 Å². The second-order valence-electron chi connectivity index (χ2n) is 3.74. The summed E-state index contributed by atoms with van der Waals surface area (Å²) in [5.41, 5.74) is 5.26. The van der Waals surface area contributed by atoms with E-state index in [1.54, 1.807) is 7.11 Å². The summed E-state index contributed by atoms with van der Waals surface area (Å²) in [5.74, 6) is 0.232. The predicted molar refractivity (Wildman–Crippen MR) is 64.6 cm³/mol. The van der Waals surface area contributed by atoms with Gasteiger partial charge in [0.05, 0.1) is 18.2 Å². The van der Waals surface area contributed by atoms with Crippen molar-refractivity contribution in [2.75, 3.05) is 45.4 Å². The lowest BCUT2D eigenvalue weighted by Crippen LogP contribution is -2.34. The van der Waals surface area contributed by atoms with Crippen LogP contribution in [0.25, 0.3) is 0 Å². The van der Waals surface area contributed by atoms with Gasteiger partial charge in [0.1, 0.15) is 9.84 Å². The van der Waals surface area contributed by atoms with Gasteiger partial charge in [-0.3, -0.25) is 10.3 Å². The molecule has 0 aliphatic rings. The highest BCUT2D eigenvalue weighted by molar-refractivity contribution is 7.90. The van der Waals surface area contributed by atoms with E-state index in [1.807, 2.05) is 4.90 Å². The van der Waals surface area contributed by atoms with Crippen LogP contribution >= 0.6 is 0 Å². The van der Waals surface area contributed by atoms with Crippen LogP contribution in [-0.4, -0.2) is 64.5 Å². The van der Waals surface area contributed by atoms with Gasteiger partial charge in [-0.1, -0.05) is 0 Å². The van der Waals surface area contributed by atoms with Crippen LogP contribution in [-0.2, 0) is 14.6 Å². The Balaban J connectivity index is 4.04. The highest BCUT2D eigenvalue weighted by Gasteiger charge is 2.09. The summed E-state index contributed by atoms with van der Waals surface area (Å²) in [6.45, 7) is 2.24. The van der Waals surface area contributed by atoms with Crippen molar-refractivity contribution in [2.24, 2.45) is 5.73 Å². The predicted octanol–water partition coefficient (Wildman–Crippen LogP) is -0.695. The maximum Gasteiger partial charge on any atom is 0.148 e. The second-order valence-corrected chi connectivity index (χ2v) is 6.00. The van der Waals surface area contributed by atoms with Gasteiger partial charge in [0.25, 0.3) is 0 Å². The third kappa shape index (κ3) is 9.88.